The molecule has 3 N–H and O–H groups in total. The molecule has 0 saturated carbocycles. The van der Waals surface area contributed by atoms with E-state index >= 15 is 0 Å². The van der Waals surface area contributed by atoms with Crippen LogP contribution in [0.5, 0.6) is 0 Å². The van der Waals surface area contributed by atoms with Crippen LogP contribution in [0.4, 0.5) is 0 Å². The Labute approximate surface area is 162 Å². The Morgan fingerprint density at radius 3 is 1.52 bits per heavy atom. The maximum Gasteiger partial charge on any atom is 0.321 e. The molecule has 0 saturated heterocycles. The van der Waals surface area contributed by atoms with Crippen LogP contribution in [0.25, 0.3) is 0 Å². The first-order chi connectivity index (χ1) is 12.9. The number of aliphatic carboxylic acids is 3. The van der Waals surface area contributed by atoms with Gasteiger partial charge in [0.05, 0.1) is 13.0 Å². The van der Waals surface area contributed by atoms with Gasteiger partial charge in [-0.25, -0.2) is 0 Å². The van der Waals surface area contributed by atoms with Gasteiger partial charge in [0.1, 0.15) is 6.04 Å². The molecule has 1 atom stereocenters. The molecule has 0 unspecified atom stereocenters. The normalized spacial score (nSPS) is 12.2. The molecule has 27 heavy (non-hydrogen) atoms. The van der Waals surface area contributed by atoms with E-state index in [4.69, 9.17) is 10.2 Å². The molecule has 158 valence electrons. The van der Waals surface area contributed by atoms with Crippen molar-refractivity contribution in [3.8, 4) is 0 Å². The van der Waals surface area contributed by atoms with Crippen molar-refractivity contribution in [3.63, 3.8) is 0 Å². The Balaban J connectivity index is 3.95. The molecule has 0 rings (SSSR count). The zero-order valence-corrected chi connectivity index (χ0v) is 16.7. The summed E-state index contributed by atoms with van der Waals surface area (Å²) >= 11 is 0. The van der Waals surface area contributed by atoms with Gasteiger partial charge in [-0.1, -0.05) is 77.6 Å². The number of nitrogens with zero attached hydrogens (tertiary/aromatic N) is 1. The quantitative estimate of drug-likeness (QED) is 0.287. The summed E-state index contributed by atoms with van der Waals surface area (Å²) in [6.45, 7) is 2.05. The standard InChI is InChI=1S/C20H37NO6/c1-2-3-4-5-6-7-8-9-10-11-12-13-14-21(16-19(24)25)17(20(26)27)15-18(22)23/h17H,2-16H2,1H3,(H,22,23)(H,24,25)(H,26,27)/t17-/m0/s1. The first-order valence-corrected chi connectivity index (χ1v) is 10.3. The average Bonchev–Trinajstić information content (AvgIpc) is 2.59. The fraction of sp³-hybridized carbons (Fsp3) is 0.850. The van der Waals surface area contributed by atoms with Crippen LogP contribution in [-0.2, 0) is 14.4 Å². The van der Waals surface area contributed by atoms with Gasteiger partial charge in [-0.15, -0.1) is 0 Å². The van der Waals surface area contributed by atoms with Gasteiger partial charge in [-0.3, -0.25) is 19.3 Å². The van der Waals surface area contributed by atoms with Gasteiger partial charge in [-0.2, -0.15) is 0 Å². The van der Waals surface area contributed by atoms with Crippen LogP contribution >= 0.6 is 0 Å². The van der Waals surface area contributed by atoms with E-state index in [1.165, 1.54) is 56.3 Å². The lowest BCUT2D eigenvalue weighted by molar-refractivity contribution is -0.152. The molecule has 0 aliphatic heterocycles. The van der Waals surface area contributed by atoms with Gasteiger partial charge in [0.15, 0.2) is 0 Å². The third kappa shape index (κ3) is 15.2. The molecule has 0 aliphatic rings. The lowest BCUT2D eigenvalue weighted by atomic mass is 10.0. The van der Waals surface area contributed by atoms with Crippen molar-refractivity contribution >= 4 is 17.9 Å². The summed E-state index contributed by atoms with van der Waals surface area (Å²) in [4.78, 5) is 34.3. The summed E-state index contributed by atoms with van der Waals surface area (Å²) in [5, 5.41) is 27.0. The lowest BCUT2D eigenvalue weighted by Crippen LogP contribution is -2.45. The maximum absolute atomic E-state index is 11.3. The zero-order valence-electron chi connectivity index (χ0n) is 16.7. The zero-order chi connectivity index (χ0) is 20.5. The summed E-state index contributed by atoms with van der Waals surface area (Å²) in [5.74, 6) is -3.68. The van der Waals surface area contributed by atoms with Gasteiger partial charge in [-0.05, 0) is 13.0 Å². The topological polar surface area (TPSA) is 115 Å². The molecule has 0 spiro atoms. The van der Waals surface area contributed by atoms with E-state index in [9.17, 15) is 19.5 Å². The second-order valence-electron chi connectivity index (χ2n) is 7.21. The van der Waals surface area contributed by atoms with Crippen molar-refractivity contribution in [3.05, 3.63) is 0 Å². The van der Waals surface area contributed by atoms with Crippen LogP contribution in [0.15, 0.2) is 0 Å². The molecule has 0 fully saturated rings. The molecule has 0 aromatic carbocycles. The number of rotatable bonds is 19. The summed E-state index contributed by atoms with van der Waals surface area (Å²) in [6.07, 6.45) is 13.4. The molecule has 7 heteroatoms. The van der Waals surface area contributed by atoms with Gasteiger partial charge < -0.3 is 15.3 Å². The SMILES string of the molecule is CCCCCCCCCCCCCCN(CC(=O)O)[C@@H](CC(=O)O)C(=O)O. The minimum atomic E-state index is -1.30. The minimum Gasteiger partial charge on any atom is -0.481 e. The van der Waals surface area contributed by atoms with Crippen LogP contribution in [-0.4, -0.2) is 57.3 Å². The number of carbonyl (C=O) groups is 3. The highest BCUT2D eigenvalue weighted by molar-refractivity contribution is 5.81. The summed E-state index contributed by atoms with van der Waals surface area (Å²) in [5.41, 5.74) is 0. The number of hydrogen-bond donors (Lipinski definition) is 3. The molecule has 0 amide bonds. The van der Waals surface area contributed by atoms with Crippen molar-refractivity contribution < 1.29 is 29.7 Å². The van der Waals surface area contributed by atoms with E-state index in [-0.39, 0.29) is 6.54 Å². The fourth-order valence-electron chi connectivity index (χ4n) is 3.21. The monoisotopic (exact) mass is 387 g/mol. The van der Waals surface area contributed by atoms with Crippen LogP contribution in [0, 0.1) is 0 Å². The number of unbranched alkanes of at least 4 members (excludes halogenated alkanes) is 11. The van der Waals surface area contributed by atoms with Crippen molar-refractivity contribution in [2.45, 2.75) is 96.4 Å². The largest absolute Gasteiger partial charge is 0.481 e. The van der Waals surface area contributed by atoms with Crippen LogP contribution in [0.1, 0.15) is 90.4 Å². The molecular formula is C20H37NO6. The second kappa shape index (κ2) is 16.5. The summed E-state index contributed by atoms with van der Waals surface area (Å²) < 4.78 is 0. The van der Waals surface area contributed by atoms with E-state index in [1.807, 2.05) is 0 Å². The predicted molar refractivity (Wildman–Crippen MR) is 104 cm³/mol. The van der Waals surface area contributed by atoms with Crippen molar-refractivity contribution in [1.29, 1.82) is 0 Å². The van der Waals surface area contributed by atoms with E-state index in [0.29, 0.717) is 6.42 Å². The Morgan fingerprint density at radius 1 is 0.704 bits per heavy atom. The van der Waals surface area contributed by atoms with Gasteiger partial charge in [0.25, 0.3) is 0 Å². The van der Waals surface area contributed by atoms with Crippen molar-refractivity contribution in [2.24, 2.45) is 0 Å². The first kappa shape index (κ1) is 25.4. The van der Waals surface area contributed by atoms with Crippen LogP contribution < -0.4 is 0 Å². The summed E-state index contributed by atoms with van der Waals surface area (Å²) in [6, 6.07) is -1.30. The number of hydrogen-bond acceptors (Lipinski definition) is 4. The van der Waals surface area contributed by atoms with E-state index in [1.54, 1.807) is 0 Å². The fourth-order valence-corrected chi connectivity index (χ4v) is 3.21. The molecule has 7 nitrogen and oxygen atoms in total. The highest BCUT2D eigenvalue weighted by Gasteiger charge is 2.29. The average molecular weight is 388 g/mol. The van der Waals surface area contributed by atoms with Crippen molar-refractivity contribution in [2.75, 3.05) is 13.1 Å². The van der Waals surface area contributed by atoms with E-state index in [0.717, 1.165) is 19.3 Å². The smallest absolute Gasteiger partial charge is 0.321 e. The highest BCUT2D eigenvalue weighted by atomic mass is 16.4. The van der Waals surface area contributed by atoms with Crippen LogP contribution in [0.2, 0.25) is 0 Å². The molecule has 0 aromatic rings. The van der Waals surface area contributed by atoms with E-state index in [2.05, 4.69) is 6.92 Å². The first-order valence-electron chi connectivity index (χ1n) is 10.3. The summed E-state index contributed by atoms with van der Waals surface area (Å²) in [7, 11) is 0. The van der Waals surface area contributed by atoms with E-state index < -0.39 is 36.9 Å². The Hall–Kier alpha value is -1.63. The molecule has 0 aliphatic carbocycles. The highest BCUT2D eigenvalue weighted by Crippen LogP contribution is 2.13. The number of carboxylic acid groups (broad SMARTS) is 3. The molecule has 0 bridgehead atoms. The second-order valence-corrected chi connectivity index (χ2v) is 7.21. The van der Waals surface area contributed by atoms with Gasteiger partial charge in [0.2, 0.25) is 0 Å². The van der Waals surface area contributed by atoms with Crippen molar-refractivity contribution in [1.82, 2.24) is 4.90 Å². The third-order valence-electron chi connectivity index (χ3n) is 4.73. The third-order valence-corrected chi connectivity index (χ3v) is 4.73. The number of carboxylic acids is 3. The minimum absolute atomic E-state index is 0.286. The van der Waals surface area contributed by atoms with Gasteiger partial charge >= 0.3 is 17.9 Å². The lowest BCUT2D eigenvalue weighted by Gasteiger charge is -2.26. The Morgan fingerprint density at radius 2 is 1.15 bits per heavy atom. The molecular weight excluding hydrogens is 350 g/mol. The Bertz CT molecular complexity index is 427. The van der Waals surface area contributed by atoms with Gasteiger partial charge in [0, 0.05) is 0 Å². The maximum atomic E-state index is 11.3. The Kier molecular flexibility index (Phi) is 15.5. The van der Waals surface area contributed by atoms with Crippen LogP contribution in [0.3, 0.4) is 0 Å². The predicted octanol–water partition coefficient (Wildman–Crippen LogP) is 4.00. The molecule has 0 radical (unpaired) electrons. The molecule has 0 aromatic heterocycles. The molecule has 0 heterocycles.